The van der Waals surface area contributed by atoms with Gasteiger partial charge in [-0.05, 0) is 51.6 Å². The van der Waals surface area contributed by atoms with Crippen molar-refractivity contribution in [2.45, 2.75) is 6.42 Å². The van der Waals surface area contributed by atoms with Crippen LogP contribution in [0.3, 0.4) is 0 Å². The molecule has 0 amide bonds. The fraction of sp³-hybridized carbons (Fsp3) is 0.0588. The summed E-state index contributed by atoms with van der Waals surface area (Å²) in [5.74, 6) is -0.158. The van der Waals surface area contributed by atoms with Crippen molar-refractivity contribution in [3.63, 3.8) is 0 Å². The molecule has 0 saturated heterocycles. The fourth-order valence-electron chi connectivity index (χ4n) is 2.92. The Kier molecular flexibility index (Phi) is 1.87. The van der Waals surface area contributed by atoms with Gasteiger partial charge in [-0.2, -0.15) is 0 Å². The van der Waals surface area contributed by atoms with E-state index in [0.717, 1.165) is 12.0 Å². The highest BCUT2D eigenvalue weighted by Crippen LogP contribution is 2.40. The summed E-state index contributed by atoms with van der Waals surface area (Å²) in [5.41, 5.74) is 4.79. The molecule has 4 rings (SSSR count). The van der Waals surface area contributed by atoms with Crippen LogP contribution < -0.4 is 0 Å². The first kappa shape index (κ1) is 9.84. The smallest absolute Gasteiger partial charge is 0.123 e. The molecule has 0 spiro atoms. The van der Waals surface area contributed by atoms with Crippen LogP contribution in [-0.4, -0.2) is 0 Å². The standard InChI is InChI=1S/C17H11F/c18-13-7-5-12-9-17-14-4-2-1-3-11(14)6-8-15(17)16(12)10-13/h1-8,10H,9H2. The lowest BCUT2D eigenvalue weighted by atomic mass is 9.99. The largest absolute Gasteiger partial charge is 0.207 e. The molecule has 0 radical (unpaired) electrons. The van der Waals surface area contributed by atoms with Crippen LogP contribution in [0.15, 0.2) is 54.6 Å². The zero-order valence-corrected chi connectivity index (χ0v) is 9.78. The Labute approximate surface area is 105 Å². The van der Waals surface area contributed by atoms with E-state index in [9.17, 15) is 4.39 Å². The summed E-state index contributed by atoms with van der Waals surface area (Å²) in [5, 5.41) is 2.54. The van der Waals surface area contributed by atoms with E-state index in [0.29, 0.717) is 0 Å². The number of benzene rings is 3. The molecule has 1 aliphatic rings. The Morgan fingerprint density at radius 3 is 2.67 bits per heavy atom. The predicted molar refractivity (Wildman–Crippen MR) is 72.1 cm³/mol. The van der Waals surface area contributed by atoms with Crippen molar-refractivity contribution < 1.29 is 4.39 Å². The van der Waals surface area contributed by atoms with Gasteiger partial charge in [0.05, 0.1) is 0 Å². The average Bonchev–Trinajstić information content (AvgIpc) is 2.77. The zero-order chi connectivity index (χ0) is 12.1. The Bertz CT molecular complexity index is 772. The first-order valence-corrected chi connectivity index (χ1v) is 6.12. The lowest BCUT2D eigenvalue weighted by molar-refractivity contribution is 0.628. The maximum absolute atomic E-state index is 13.4. The average molecular weight is 234 g/mol. The second kappa shape index (κ2) is 3.42. The molecule has 0 N–H and O–H groups in total. The normalized spacial score (nSPS) is 12.5. The maximum atomic E-state index is 13.4. The summed E-state index contributed by atoms with van der Waals surface area (Å²) in [6.45, 7) is 0. The monoisotopic (exact) mass is 234 g/mol. The molecule has 0 nitrogen and oxygen atoms in total. The van der Waals surface area contributed by atoms with Crippen molar-refractivity contribution in [1.82, 2.24) is 0 Å². The number of fused-ring (bicyclic) bond motifs is 5. The summed E-state index contributed by atoms with van der Waals surface area (Å²) >= 11 is 0. The van der Waals surface area contributed by atoms with Gasteiger partial charge in [0.15, 0.2) is 0 Å². The minimum absolute atomic E-state index is 0.158. The molecule has 0 aromatic heterocycles. The fourth-order valence-corrected chi connectivity index (χ4v) is 2.92. The highest BCUT2D eigenvalue weighted by Gasteiger charge is 2.20. The number of rotatable bonds is 0. The molecule has 18 heavy (non-hydrogen) atoms. The minimum atomic E-state index is -0.158. The van der Waals surface area contributed by atoms with Gasteiger partial charge in [-0.25, -0.2) is 4.39 Å². The number of hydrogen-bond acceptors (Lipinski definition) is 0. The lowest BCUT2D eigenvalue weighted by Gasteiger charge is -2.05. The first-order chi connectivity index (χ1) is 8.83. The third-order valence-electron chi connectivity index (χ3n) is 3.77. The summed E-state index contributed by atoms with van der Waals surface area (Å²) in [6.07, 6.45) is 0.909. The van der Waals surface area contributed by atoms with Crippen molar-refractivity contribution in [2.75, 3.05) is 0 Å². The summed E-state index contributed by atoms with van der Waals surface area (Å²) in [4.78, 5) is 0. The number of halogens is 1. The third kappa shape index (κ3) is 1.25. The molecule has 0 atom stereocenters. The SMILES string of the molecule is Fc1ccc2c(c1)-c1ccc3ccccc3c1C2. The Hall–Kier alpha value is -2.15. The maximum Gasteiger partial charge on any atom is 0.123 e. The van der Waals surface area contributed by atoms with E-state index in [1.807, 2.05) is 6.07 Å². The molecule has 0 fully saturated rings. The summed E-state index contributed by atoms with van der Waals surface area (Å²) in [6, 6.07) is 17.7. The second-order valence-corrected chi connectivity index (χ2v) is 4.79. The van der Waals surface area contributed by atoms with Gasteiger partial charge in [0.1, 0.15) is 5.82 Å². The molecule has 0 unspecified atom stereocenters. The molecular weight excluding hydrogens is 223 g/mol. The molecule has 0 aliphatic heterocycles. The Morgan fingerprint density at radius 1 is 0.833 bits per heavy atom. The molecule has 0 bridgehead atoms. The molecular formula is C17H11F. The number of hydrogen-bond donors (Lipinski definition) is 0. The Balaban J connectivity index is 2.08. The third-order valence-corrected chi connectivity index (χ3v) is 3.77. The Morgan fingerprint density at radius 2 is 1.72 bits per heavy atom. The summed E-state index contributed by atoms with van der Waals surface area (Å²) in [7, 11) is 0. The van der Waals surface area contributed by atoms with Crippen LogP contribution in [-0.2, 0) is 6.42 Å². The van der Waals surface area contributed by atoms with Gasteiger partial charge in [-0.15, -0.1) is 0 Å². The molecule has 3 aromatic carbocycles. The zero-order valence-electron chi connectivity index (χ0n) is 9.78. The molecule has 0 saturated carbocycles. The first-order valence-electron chi connectivity index (χ1n) is 6.12. The van der Waals surface area contributed by atoms with E-state index >= 15 is 0 Å². The molecule has 3 aromatic rings. The van der Waals surface area contributed by atoms with Crippen LogP contribution >= 0.6 is 0 Å². The minimum Gasteiger partial charge on any atom is -0.207 e. The van der Waals surface area contributed by atoms with Gasteiger partial charge >= 0.3 is 0 Å². The van der Waals surface area contributed by atoms with Crippen LogP contribution in [0.4, 0.5) is 4.39 Å². The van der Waals surface area contributed by atoms with Gasteiger partial charge < -0.3 is 0 Å². The van der Waals surface area contributed by atoms with E-state index in [1.165, 1.54) is 27.5 Å². The van der Waals surface area contributed by atoms with E-state index in [2.05, 4.69) is 36.4 Å². The van der Waals surface area contributed by atoms with Crippen LogP contribution in [0.25, 0.3) is 21.9 Å². The van der Waals surface area contributed by atoms with E-state index in [4.69, 9.17) is 0 Å². The highest BCUT2D eigenvalue weighted by atomic mass is 19.1. The quantitative estimate of drug-likeness (QED) is 0.418. The molecule has 1 heteroatoms. The van der Waals surface area contributed by atoms with Crippen LogP contribution in [0.2, 0.25) is 0 Å². The van der Waals surface area contributed by atoms with E-state index in [1.54, 1.807) is 12.1 Å². The van der Waals surface area contributed by atoms with Crippen molar-refractivity contribution in [3.8, 4) is 11.1 Å². The molecule has 0 heterocycles. The van der Waals surface area contributed by atoms with E-state index in [-0.39, 0.29) is 5.82 Å². The molecule has 86 valence electrons. The predicted octanol–water partition coefficient (Wildman–Crippen LogP) is 4.55. The topological polar surface area (TPSA) is 0 Å². The van der Waals surface area contributed by atoms with Crippen molar-refractivity contribution in [2.24, 2.45) is 0 Å². The van der Waals surface area contributed by atoms with Crippen LogP contribution in [0, 0.1) is 5.82 Å². The van der Waals surface area contributed by atoms with Crippen LogP contribution in [0.1, 0.15) is 11.1 Å². The van der Waals surface area contributed by atoms with Crippen molar-refractivity contribution in [3.05, 3.63) is 71.5 Å². The van der Waals surface area contributed by atoms with Crippen LogP contribution in [0.5, 0.6) is 0 Å². The molecule has 1 aliphatic carbocycles. The van der Waals surface area contributed by atoms with Gasteiger partial charge in [0.2, 0.25) is 0 Å². The van der Waals surface area contributed by atoms with E-state index < -0.39 is 0 Å². The van der Waals surface area contributed by atoms with Gasteiger partial charge in [0, 0.05) is 0 Å². The van der Waals surface area contributed by atoms with Gasteiger partial charge in [0.25, 0.3) is 0 Å². The lowest BCUT2D eigenvalue weighted by Crippen LogP contribution is -1.83. The van der Waals surface area contributed by atoms with Gasteiger partial charge in [-0.3, -0.25) is 0 Å². The second-order valence-electron chi connectivity index (χ2n) is 4.79. The van der Waals surface area contributed by atoms with Gasteiger partial charge in [-0.1, -0.05) is 42.5 Å². The van der Waals surface area contributed by atoms with Crippen molar-refractivity contribution >= 4 is 10.8 Å². The van der Waals surface area contributed by atoms with Crippen molar-refractivity contribution in [1.29, 1.82) is 0 Å². The highest BCUT2D eigenvalue weighted by molar-refractivity contribution is 5.95. The summed E-state index contributed by atoms with van der Waals surface area (Å²) < 4.78 is 13.4.